The minimum atomic E-state index is -1.90. The molecule has 0 bridgehead atoms. The number of nitro benzene ring substituents is 1. The third-order valence-corrected chi connectivity index (χ3v) is 6.51. The number of hydrogen-bond donors (Lipinski definition) is 2. The molecule has 2 N–H and O–H groups in total. The minimum absolute atomic E-state index is 0.0488. The SMILES string of the molecule is CC[C@@]1(O)C(=O)OCc2c1cc1n(c2=O)Cc2cc3cc([N+](=O)[O-])cc(NCC(C)C)c3nc2-1. The molecule has 176 valence electrons. The van der Waals surface area contributed by atoms with E-state index in [2.05, 4.69) is 5.32 Å². The molecule has 0 radical (unpaired) electrons. The number of esters is 1. The Labute approximate surface area is 194 Å². The molecular weight excluding hydrogens is 440 g/mol. The largest absolute Gasteiger partial charge is 0.458 e. The Balaban J connectivity index is 1.74. The lowest BCUT2D eigenvalue weighted by atomic mass is 9.86. The lowest BCUT2D eigenvalue weighted by molar-refractivity contribution is -0.384. The van der Waals surface area contributed by atoms with Crippen molar-refractivity contribution < 1.29 is 19.6 Å². The number of anilines is 1. The first-order valence-electron chi connectivity index (χ1n) is 11.2. The summed E-state index contributed by atoms with van der Waals surface area (Å²) in [6, 6.07) is 6.40. The van der Waals surface area contributed by atoms with E-state index in [4.69, 9.17) is 9.72 Å². The molecule has 2 aliphatic heterocycles. The van der Waals surface area contributed by atoms with Crippen molar-refractivity contribution in [3.8, 4) is 11.4 Å². The fourth-order valence-corrected chi connectivity index (χ4v) is 4.64. The summed E-state index contributed by atoms with van der Waals surface area (Å²) >= 11 is 0. The molecule has 4 heterocycles. The van der Waals surface area contributed by atoms with Crippen LogP contribution in [0.5, 0.6) is 0 Å². The predicted octanol–water partition coefficient (Wildman–Crippen LogP) is 3.06. The Morgan fingerprint density at radius 2 is 2.06 bits per heavy atom. The van der Waals surface area contributed by atoms with Gasteiger partial charge in [0.25, 0.3) is 11.2 Å². The van der Waals surface area contributed by atoms with Gasteiger partial charge in [0.1, 0.15) is 6.61 Å². The van der Waals surface area contributed by atoms with Gasteiger partial charge in [0.05, 0.1) is 39.6 Å². The van der Waals surface area contributed by atoms with Gasteiger partial charge in [-0.2, -0.15) is 0 Å². The van der Waals surface area contributed by atoms with Gasteiger partial charge >= 0.3 is 5.97 Å². The number of nitrogens with zero attached hydrogens (tertiary/aromatic N) is 3. The number of rotatable bonds is 5. The predicted molar refractivity (Wildman–Crippen MR) is 125 cm³/mol. The van der Waals surface area contributed by atoms with Crippen LogP contribution in [-0.4, -0.2) is 32.1 Å². The van der Waals surface area contributed by atoms with Gasteiger partial charge in [0.2, 0.25) is 0 Å². The number of hydrogen-bond acceptors (Lipinski definition) is 8. The summed E-state index contributed by atoms with van der Waals surface area (Å²) in [7, 11) is 0. The van der Waals surface area contributed by atoms with E-state index in [1.807, 2.05) is 19.9 Å². The van der Waals surface area contributed by atoms with E-state index in [0.29, 0.717) is 40.4 Å². The van der Waals surface area contributed by atoms with Gasteiger partial charge in [-0.05, 0) is 24.5 Å². The molecule has 0 saturated heterocycles. The third-order valence-electron chi connectivity index (χ3n) is 6.51. The zero-order valence-electron chi connectivity index (χ0n) is 19.0. The maximum absolute atomic E-state index is 13.3. The molecule has 1 aromatic carbocycles. The Morgan fingerprint density at radius 3 is 2.74 bits per heavy atom. The van der Waals surface area contributed by atoms with Gasteiger partial charge in [0.15, 0.2) is 5.60 Å². The molecule has 3 aromatic rings. The van der Waals surface area contributed by atoms with Crippen LogP contribution in [0.4, 0.5) is 11.4 Å². The van der Waals surface area contributed by atoms with Crippen LogP contribution >= 0.6 is 0 Å². The van der Waals surface area contributed by atoms with Crippen LogP contribution in [0, 0.1) is 16.0 Å². The first-order valence-corrected chi connectivity index (χ1v) is 11.2. The summed E-state index contributed by atoms with van der Waals surface area (Å²) in [6.45, 7) is 6.35. The highest BCUT2D eigenvalue weighted by Crippen LogP contribution is 2.40. The van der Waals surface area contributed by atoms with Crippen molar-refractivity contribution in [3.05, 3.63) is 61.4 Å². The fourth-order valence-electron chi connectivity index (χ4n) is 4.64. The van der Waals surface area contributed by atoms with E-state index in [1.54, 1.807) is 17.6 Å². The second kappa shape index (κ2) is 7.63. The Morgan fingerprint density at radius 1 is 1.29 bits per heavy atom. The molecule has 1 atom stereocenters. The molecule has 0 amide bonds. The van der Waals surface area contributed by atoms with Crippen LogP contribution < -0.4 is 10.9 Å². The normalized spacial score (nSPS) is 18.4. The first kappa shape index (κ1) is 22.0. The van der Waals surface area contributed by atoms with Gasteiger partial charge in [-0.25, -0.2) is 9.78 Å². The molecule has 34 heavy (non-hydrogen) atoms. The molecular formula is C24H24N4O6. The monoisotopic (exact) mass is 464 g/mol. The maximum atomic E-state index is 13.3. The number of nitrogens with one attached hydrogen (secondary N) is 1. The van der Waals surface area contributed by atoms with Gasteiger partial charge < -0.3 is 19.7 Å². The number of nitro groups is 1. The van der Waals surface area contributed by atoms with Gasteiger partial charge in [-0.15, -0.1) is 0 Å². The number of pyridine rings is 2. The van der Waals surface area contributed by atoms with Crippen molar-refractivity contribution in [2.75, 3.05) is 11.9 Å². The summed E-state index contributed by atoms with van der Waals surface area (Å²) in [6.07, 6.45) is 0.0622. The molecule has 5 rings (SSSR count). The Bertz CT molecular complexity index is 1440. The average molecular weight is 464 g/mol. The summed E-state index contributed by atoms with van der Waals surface area (Å²) in [5, 5.41) is 26.4. The van der Waals surface area contributed by atoms with Crippen LogP contribution in [0.2, 0.25) is 0 Å². The van der Waals surface area contributed by atoms with Crippen molar-refractivity contribution in [2.24, 2.45) is 5.92 Å². The number of cyclic esters (lactones) is 1. The van der Waals surface area contributed by atoms with Gasteiger partial charge in [-0.1, -0.05) is 20.8 Å². The second-order valence-corrected chi connectivity index (χ2v) is 9.20. The van der Waals surface area contributed by atoms with Crippen LogP contribution in [0.15, 0.2) is 29.1 Å². The minimum Gasteiger partial charge on any atom is -0.458 e. The number of aromatic nitrogens is 2. The number of benzene rings is 1. The molecule has 2 aromatic heterocycles. The second-order valence-electron chi connectivity index (χ2n) is 9.20. The molecule has 0 fully saturated rings. The molecule has 2 aliphatic rings. The van der Waals surface area contributed by atoms with Crippen LogP contribution in [0.1, 0.15) is 43.9 Å². The molecule has 0 unspecified atom stereocenters. The van der Waals surface area contributed by atoms with Crippen molar-refractivity contribution in [3.63, 3.8) is 0 Å². The smallest absolute Gasteiger partial charge is 0.343 e. The Kier molecular flexibility index (Phi) is 4.94. The number of fused-ring (bicyclic) bond motifs is 5. The van der Waals surface area contributed by atoms with Crippen molar-refractivity contribution in [1.82, 2.24) is 9.55 Å². The van der Waals surface area contributed by atoms with E-state index in [-0.39, 0.29) is 41.9 Å². The number of ether oxygens (including phenoxy) is 1. The van der Waals surface area contributed by atoms with Crippen LogP contribution in [0.25, 0.3) is 22.3 Å². The van der Waals surface area contributed by atoms with Crippen molar-refractivity contribution in [1.29, 1.82) is 0 Å². The highest BCUT2D eigenvalue weighted by molar-refractivity contribution is 5.95. The average Bonchev–Trinajstić information content (AvgIpc) is 3.16. The summed E-state index contributed by atoms with van der Waals surface area (Å²) in [5.74, 6) is -0.468. The van der Waals surface area contributed by atoms with E-state index in [1.165, 1.54) is 12.1 Å². The van der Waals surface area contributed by atoms with E-state index in [0.717, 1.165) is 5.56 Å². The molecule has 0 aliphatic carbocycles. The Hall–Kier alpha value is -3.79. The first-order chi connectivity index (χ1) is 16.1. The lowest BCUT2D eigenvalue weighted by Gasteiger charge is -2.31. The number of carbonyl (C=O) groups is 1. The fraction of sp³-hybridized carbons (Fsp3) is 0.375. The van der Waals surface area contributed by atoms with Gasteiger partial charge in [-0.3, -0.25) is 14.9 Å². The highest BCUT2D eigenvalue weighted by Gasteiger charge is 2.45. The lowest BCUT2D eigenvalue weighted by Crippen LogP contribution is -2.44. The topological polar surface area (TPSA) is 137 Å². The number of non-ortho nitro benzene ring substituents is 1. The maximum Gasteiger partial charge on any atom is 0.343 e. The number of carbonyl (C=O) groups excluding carboxylic acids is 1. The molecule has 0 spiro atoms. The van der Waals surface area contributed by atoms with E-state index >= 15 is 0 Å². The third kappa shape index (κ3) is 3.17. The quantitative estimate of drug-likeness (QED) is 0.261. The standard InChI is InChI=1S/C24H24N4O6/c1-4-24(31)17-8-19-21-14(10-27(19)22(29)16(17)11-34-23(24)30)5-13-6-15(28(32)33)7-18(20(13)26-21)25-9-12(2)3/h5-8,12,25,31H,4,9-11H2,1-3H3/t24-/m0/s1. The van der Waals surface area contributed by atoms with Crippen molar-refractivity contribution in [2.45, 2.75) is 45.9 Å². The van der Waals surface area contributed by atoms with E-state index < -0.39 is 16.5 Å². The zero-order valence-corrected chi connectivity index (χ0v) is 19.0. The summed E-state index contributed by atoms with van der Waals surface area (Å²) in [5.41, 5.74) is 1.06. The van der Waals surface area contributed by atoms with Crippen LogP contribution in [-0.2, 0) is 28.3 Å². The van der Waals surface area contributed by atoms with Crippen molar-refractivity contribution >= 4 is 28.2 Å². The molecule has 10 nitrogen and oxygen atoms in total. The van der Waals surface area contributed by atoms with Crippen LogP contribution in [0.3, 0.4) is 0 Å². The summed E-state index contributed by atoms with van der Waals surface area (Å²) in [4.78, 5) is 41.5. The molecule has 10 heteroatoms. The molecule has 0 saturated carbocycles. The summed E-state index contributed by atoms with van der Waals surface area (Å²) < 4.78 is 6.64. The highest BCUT2D eigenvalue weighted by atomic mass is 16.6. The number of aliphatic hydroxyl groups is 1. The van der Waals surface area contributed by atoms with E-state index in [9.17, 15) is 24.8 Å². The van der Waals surface area contributed by atoms with Gasteiger partial charge in [0, 0.05) is 35.2 Å². The zero-order chi connectivity index (χ0) is 24.4.